The molecular weight excluding hydrogens is 396 g/mol. The fraction of sp³-hybridized carbons (Fsp3) is 0.125. The summed E-state index contributed by atoms with van der Waals surface area (Å²) in [6.45, 7) is -0.0182. The fourth-order valence-corrected chi connectivity index (χ4v) is 4.94. The summed E-state index contributed by atoms with van der Waals surface area (Å²) in [4.78, 5) is 14.2. The minimum atomic E-state index is -3.99. The van der Waals surface area contributed by atoms with Crippen LogP contribution < -0.4 is 4.90 Å². The molecule has 0 N–H and O–H groups in total. The molecule has 0 saturated carbocycles. The number of fused-ring (bicyclic) bond motifs is 1. The smallest absolute Gasteiger partial charge is 0.295 e. The maximum absolute atomic E-state index is 13.2. The Bertz CT molecular complexity index is 1240. The van der Waals surface area contributed by atoms with Crippen molar-refractivity contribution in [3.8, 4) is 11.8 Å². The van der Waals surface area contributed by atoms with Crippen molar-refractivity contribution < 1.29 is 13.2 Å². The molecule has 0 unspecified atom stereocenters. The lowest BCUT2D eigenvalue weighted by Crippen LogP contribution is -2.48. The fourth-order valence-electron chi connectivity index (χ4n) is 3.31. The van der Waals surface area contributed by atoms with Crippen molar-refractivity contribution in [2.75, 3.05) is 11.9 Å². The molecule has 1 aliphatic heterocycles. The van der Waals surface area contributed by atoms with E-state index in [0.717, 1.165) is 15.4 Å². The van der Waals surface area contributed by atoms with E-state index in [2.05, 4.69) is 11.8 Å². The Morgan fingerprint density at radius 3 is 2.17 bits per heavy atom. The number of benzene rings is 3. The van der Waals surface area contributed by atoms with E-state index in [4.69, 9.17) is 0 Å². The number of nitrogens with zero attached hydrogens (tertiary/aromatic N) is 2. The number of carbonyl (C=O) groups excluding carboxylic acids is 1. The number of hydrogen-bond donors (Lipinski definition) is 0. The first-order valence-electron chi connectivity index (χ1n) is 9.48. The van der Waals surface area contributed by atoms with Gasteiger partial charge in [-0.1, -0.05) is 72.5 Å². The molecule has 3 aromatic carbocycles. The van der Waals surface area contributed by atoms with E-state index in [1.54, 1.807) is 37.4 Å². The number of sulfonamides is 1. The molecule has 0 saturated heterocycles. The summed E-state index contributed by atoms with van der Waals surface area (Å²) in [6, 6.07) is 23.3. The lowest BCUT2D eigenvalue weighted by molar-refractivity contribution is 0.228. The number of carbonyl (C=O) groups is 1. The van der Waals surface area contributed by atoms with Crippen LogP contribution in [0.2, 0.25) is 0 Å². The summed E-state index contributed by atoms with van der Waals surface area (Å²) in [5, 5.41) is 0. The van der Waals surface area contributed by atoms with Gasteiger partial charge >= 0.3 is 6.03 Å². The number of urea groups is 1. The normalized spacial score (nSPS) is 14.6. The van der Waals surface area contributed by atoms with Gasteiger partial charge in [0.2, 0.25) is 0 Å². The molecule has 6 heteroatoms. The quantitative estimate of drug-likeness (QED) is 0.606. The third-order valence-corrected chi connectivity index (χ3v) is 6.67. The van der Waals surface area contributed by atoms with Gasteiger partial charge in [-0.2, -0.15) is 0 Å². The minimum Gasteiger partial charge on any atom is -0.295 e. The summed E-state index contributed by atoms with van der Waals surface area (Å²) in [6.07, 6.45) is 0.573. The molecule has 1 heterocycles. The molecule has 0 spiro atoms. The molecule has 0 atom stereocenters. The van der Waals surface area contributed by atoms with E-state index in [1.807, 2.05) is 48.5 Å². The number of amides is 2. The largest absolute Gasteiger partial charge is 0.338 e. The van der Waals surface area contributed by atoms with Gasteiger partial charge in [-0.3, -0.25) is 4.90 Å². The monoisotopic (exact) mass is 416 g/mol. The Labute approximate surface area is 176 Å². The second-order valence-corrected chi connectivity index (χ2v) is 8.82. The second kappa shape index (κ2) is 8.05. The van der Waals surface area contributed by atoms with Crippen LogP contribution >= 0.6 is 0 Å². The first-order chi connectivity index (χ1) is 14.5. The van der Waals surface area contributed by atoms with E-state index in [1.165, 1.54) is 4.90 Å². The average molecular weight is 417 g/mol. The zero-order valence-electron chi connectivity index (χ0n) is 16.4. The predicted molar refractivity (Wildman–Crippen MR) is 116 cm³/mol. The molecule has 0 fully saturated rings. The molecule has 1 aliphatic rings. The molecule has 150 valence electrons. The lowest BCUT2D eigenvalue weighted by atomic mass is 10.1. The summed E-state index contributed by atoms with van der Waals surface area (Å²) in [5.74, 6) is 6.12. The van der Waals surface area contributed by atoms with Gasteiger partial charge in [-0.25, -0.2) is 17.5 Å². The van der Waals surface area contributed by atoms with Gasteiger partial charge in [-0.05, 0) is 29.3 Å². The predicted octanol–water partition coefficient (Wildman–Crippen LogP) is 4.04. The maximum atomic E-state index is 13.2. The van der Waals surface area contributed by atoms with Crippen molar-refractivity contribution >= 4 is 21.7 Å². The highest BCUT2D eigenvalue weighted by atomic mass is 32.2. The standard InChI is InChI=1S/C24H20N2O3S/c1-25-22-16-15-20(14-8-13-19-9-4-2-5-10-19)17-23(22)30(28,29)26(24(25)27)18-21-11-6-3-7-12-21/h2-7,9-12,15-17H,13,18H2,1H3. The summed E-state index contributed by atoms with van der Waals surface area (Å²) < 4.78 is 27.4. The van der Waals surface area contributed by atoms with Crippen LogP contribution in [0, 0.1) is 11.8 Å². The Kier molecular flexibility index (Phi) is 5.30. The van der Waals surface area contributed by atoms with Gasteiger partial charge < -0.3 is 0 Å². The molecule has 5 nitrogen and oxygen atoms in total. The maximum Gasteiger partial charge on any atom is 0.338 e. The second-order valence-electron chi connectivity index (χ2n) is 6.99. The van der Waals surface area contributed by atoms with Crippen LogP contribution in [0.15, 0.2) is 83.8 Å². The van der Waals surface area contributed by atoms with Gasteiger partial charge in [0.15, 0.2) is 0 Å². The van der Waals surface area contributed by atoms with Gasteiger partial charge in [0.1, 0.15) is 4.90 Å². The van der Waals surface area contributed by atoms with Crippen LogP contribution in [0.5, 0.6) is 0 Å². The Hall–Kier alpha value is -3.56. The molecule has 30 heavy (non-hydrogen) atoms. The van der Waals surface area contributed by atoms with E-state index in [9.17, 15) is 13.2 Å². The van der Waals surface area contributed by atoms with E-state index in [0.29, 0.717) is 17.7 Å². The van der Waals surface area contributed by atoms with Crippen LogP contribution in [0.3, 0.4) is 0 Å². The minimum absolute atomic E-state index is 0.0182. The summed E-state index contributed by atoms with van der Waals surface area (Å²) in [5.41, 5.74) is 2.79. The molecule has 0 bridgehead atoms. The highest BCUT2D eigenvalue weighted by molar-refractivity contribution is 7.90. The van der Waals surface area contributed by atoms with Gasteiger partial charge in [-0.15, -0.1) is 0 Å². The van der Waals surface area contributed by atoms with Crippen LogP contribution in [-0.2, 0) is 23.0 Å². The van der Waals surface area contributed by atoms with Crippen LogP contribution in [0.1, 0.15) is 16.7 Å². The van der Waals surface area contributed by atoms with E-state index < -0.39 is 16.1 Å². The SMILES string of the molecule is CN1C(=O)N(Cc2ccccc2)S(=O)(=O)c2cc(C#CCc3ccccc3)ccc21. The van der Waals surface area contributed by atoms with Crippen molar-refractivity contribution in [3.63, 3.8) is 0 Å². The van der Waals surface area contributed by atoms with Crippen LogP contribution in [0.25, 0.3) is 0 Å². The Morgan fingerprint density at radius 1 is 0.867 bits per heavy atom. The van der Waals surface area contributed by atoms with E-state index in [-0.39, 0.29) is 11.4 Å². The van der Waals surface area contributed by atoms with Crippen molar-refractivity contribution in [2.45, 2.75) is 17.9 Å². The van der Waals surface area contributed by atoms with Crippen molar-refractivity contribution in [1.82, 2.24) is 4.31 Å². The van der Waals surface area contributed by atoms with Gasteiger partial charge in [0.05, 0.1) is 12.2 Å². The zero-order valence-corrected chi connectivity index (χ0v) is 17.3. The first kappa shape index (κ1) is 19.7. The molecule has 2 amide bonds. The highest BCUT2D eigenvalue weighted by Crippen LogP contribution is 2.35. The molecule has 0 radical (unpaired) electrons. The molecule has 0 aliphatic carbocycles. The summed E-state index contributed by atoms with van der Waals surface area (Å²) in [7, 11) is -2.41. The Morgan fingerprint density at radius 2 is 1.50 bits per heavy atom. The number of rotatable bonds is 3. The van der Waals surface area contributed by atoms with Crippen LogP contribution in [-0.4, -0.2) is 25.8 Å². The van der Waals surface area contributed by atoms with Gasteiger partial charge in [0.25, 0.3) is 10.0 Å². The lowest BCUT2D eigenvalue weighted by Gasteiger charge is -2.34. The average Bonchev–Trinajstić information content (AvgIpc) is 2.77. The first-order valence-corrected chi connectivity index (χ1v) is 10.9. The van der Waals surface area contributed by atoms with E-state index >= 15 is 0 Å². The number of anilines is 1. The van der Waals surface area contributed by atoms with Crippen molar-refractivity contribution in [2.24, 2.45) is 0 Å². The molecule has 4 rings (SSSR count). The Balaban J connectivity index is 1.67. The van der Waals surface area contributed by atoms with Crippen LogP contribution in [0.4, 0.5) is 10.5 Å². The van der Waals surface area contributed by atoms with Gasteiger partial charge in [0, 0.05) is 19.0 Å². The zero-order chi connectivity index (χ0) is 21.1. The van der Waals surface area contributed by atoms with Crippen molar-refractivity contribution in [3.05, 3.63) is 95.6 Å². The van der Waals surface area contributed by atoms with Crippen molar-refractivity contribution in [1.29, 1.82) is 0 Å². The molecule has 0 aromatic heterocycles. The molecule has 3 aromatic rings. The summed E-state index contributed by atoms with van der Waals surface area (Å²) >= 11 is 0. The topological polar surface area (TPSA) is 57.7 Å². The molecular formula is C24H20N2O3S. The number of hydrogen-bond acceptors (Lipinski definition) is 3. The third kappa shape index (κ3) is 3.80. The highest BCUT2D eigenvalue weighted by Gasteiger charge is 2.40. The third-order valence-electron chi connectivity index (χ3n) is 4.93.